The molecule has 0 aromatic heterocycles. The van der Waals surface area contributed by atoms with Crippen molar-refractivity contribution in [3.05, 3.63) is 93.7 Å². The molecule has 0 aliphatic carbocycles. The van der Waals surface area contributed by atoms with E-state index >= 15 is 0 Å². The van der Waals surface area contributed by atoms with Crippen molar-refractivity contribution in [3.63, 3.8) is 0 Å². The van der Waals surface area contributed by atoms with Gasteiger partial charge < -0.3 is 20.1 Å². The van der Waals surface area contributed by atoms with Crippen LogP contribution in [0.1, 0.15) is 15.9 Å². The highest BCUT2D eigenvalue weighted by Crippen LogP contribution is 2.35. The second kappa shape index (κ2) is 11.3. The van der Waals surface area contributed by atoms with Crippen LogP contribution in [0.25, 0.3) is 6.08 Å². The number of nitro benzene ring substituents is 1. The van der Waals surface area contributed by atoms with Gasteiger partial charge in [-0.05, 0) is 48.5 Å². The number of carbonyl (C=O) groups excluding carboxylic acids is 2. The van der Waals surface area contributed by atoms with Crippen LogP contribution < -0.4 is 25.2 Å². The number of carbonyl (C=O) groups is 2. The highest BCUT2D eigenvalue weighted by atomic mass is 32.2. The zero-order valence-corrected chi connectivity index (χ0v) is 20.4. The summed E-state index contributed by atoms with van der Waals surface area (Å²) in [5.41, 5.74) is -0.376. The fraction of sp³-hybridized carbons (Fsp3) is 0.0833. The van der Waals surface area contributed by atoms with E-state index in [0.717, 1.165) is 12.1 Å². The number of amides is 2. The summed E-state index contributed by atoms with van der Waals surface area (Å²) in [6, 6.07) is 15.4. The molecule has 192 valence electrons. The first-order valence-corrected chi connectivity index (χ1v) is 12.0. The van der Waals surface area contributed by atoms with Gasteiger partial charge in [0.2, 0.25) is 10.0 Å². The van der Waals surface area contributed by atoms with Gasteiger partial charge in [0.1, 0.15) is 5.70 Å². The molecule has 0 fully saturated rings. The normalized spacial score (nSPS) is 11.4. The van der Waals surface area contributed by atoms with E-state index in [0.29, 0.717) is 0 Å². The number of sulfonamides is 1. The maximum absolute atomic E-state index is 13.2. The van der Waals surface area contributed by atoms with Crippen LogP contribution in [0.5, 0.6) is 11.5 Å². The van der Waals surface area contributed by atoms with Crippen molar-refractivity contribution in [2.24, 2.45) is 5.14 Å². The van der Waals surface area contributed by atoms with Crippen LogP contribution in [0.15, 0.2) is 77.3 Å². The van der Waals surface area contributed by atoms with Crippen LogP contribution in [0.2, 0.25) is 0 Å². The Kier molecular flexibility index (Phi) is 8.22. The summed E-state index contributed by atoms with van der Waals surface area (Å²) in [6.07, 6.45) is 1.12. The zero-order chi connectivity index (χ0) is 27.2. The number of nitrogens with two attached hydrogens (primary N) is 1. The van der Waals surface area contributed by atoms with Gasteiger partial charge >= 0.3 is 0 Å². The number of hydrogen-bond acceptors (Lipinski definition) is 8. The van der Waals surface area contributed by atoms with E-state index < -0.39 is 32.4 Å². The minimum Gasteiger partial charge on any atom is -0.493 e. The molecule has 2 amide bonds. The molecular formula is C24H22N4O8S. The Morgan fingerprint density at radius 3 is 2.11 bits per heavy atom. The van der Waals surface area contributed by atoms with Gasteiger partial charge in [-0.3, -0.25) is 19.7 Å². The third-order valence-electron chi connectivity index (χ3n) is 5.00. The van der Waals surface area contributed by atoms with Crippen molar-refractivity contribution < 1.29 is 32.4 Å². The quantitative estimate of drug-likeness (QED) is 0.216. The SMILES string of the molecule is COc1cc(/C=C(/NC(=O)c2ccccc2)C(=O)Nc2ccc(S(N)(=O)=O)cc2)c([N+](=O)[O-])cc1OC. The molecule has 0 unspecified atom stereocenters. The molecule has 3 rings (SSSR count). The third-order valence-corrected chi connectivity index (χ3v) is 5.93. The Morgan fingerprint density at radius 2 is 1.57 bits per heavy atom. The van der Waals surface area contributed by atoms with E-state index in [-0.39, 0.29) is 38.9 Å². The summed E-state index contributed by atoms with van der Waals surface area (Å²) in [6.45, 7) is 0. The highest BCUT2D eigenvalue weighted by molar-refractivity contribution is 7.89. The number of nitrogens with zero attached hydrogens (tertiary/aromatic N) is 1. The van der Waals surface area contributed by atoms with Crippen LogP contribution >= 0.6 is 0 Å². The molecule has 0 bridgehead atoms. The number of anilines is 1. The van der Waals surface area contributed by atoms with Crippen molar-refractivity contribution >= 4 is 39.3 Å². The molecule has 3 aromatic carbocycles. The minimum atomic E-state index is -3.94. The lowest BCUT2D eigenvalue weighted by Gasteiger charge is -2.13. The second-order valence-corrected chi connectivity index (χ2v) is 8.99. The van der Waals surface area contributed by atoms with Crippen molar-refractivity contribution in [1.29, 1.82) is 0 Å². The molecule has 37 heavy (non-hydrogen) atoms. The Labute approximate surface area is 211 Å². The largest absolute Gasteiger partial charge is 0.493 e. The number of hydrogen-bond donors (Lipinski definition) is 3. The number of primary sulfonamides is 1. The van der Waals surface area contributed by atoms with Gasteiger partial charge in [0, 0.05) is 11.3 Å². The summed E-state index contributed by atoms with van der Waals surface area (Å²) in [4.78, 5) is 36.9. The summed E-state index contributed by atoms with van der Waals surface area (Å²) < 4.78 is 33.3. The molecule has 12 nitrogen and oxygen atoms in total. The van der Waals surface area contributed by atoms with E-state index in [1.165, 1.54) is 56.7 Å². The van der Waals surface area contributed by atoms with E-state index in [1.807, 2.05) is 0 Å². The summed E-state index contributed by atoms with van der Waals surface area (Å²) >= 11 is 0. The first kappa shape index (κ1) is 26.8. The monoisotopic (exact) mass is 526 g/mol. The van der Waals surface area contributed by atoms with Gasteiger partial charge in [0.25, 0.3) is 17.5 Å². The fourth-order valence-corrected chi connectivity index (χ4v) is 3.70. The standard InChI is InChI=1S/C24H22N4O8S/c1-35-21-13-16(20(28(31)32)14-22(21)36-2)12-19(27-23(29)15-6-4-3-5-7-15)24(30)26-17-8-10-18(11-9-17)37(25,33)34/h3-14H,1-2H3,(H,26,30)(H,27,29)(H2,25,33,34)/b19-12+. The highest BCUT2D eigenvalue weighted by Gasteiger charge is 2.22. The second-order valence-electron chi connectivity index (χ2n) is 7.42. The lowest BCUT2D eigenvalue weighted by atomic mass is 10.1. The smallest absolute Gasteiger partial charge is 0.280 e. The molecule has 4 N–H and O–H groups in total. The Balaban J connectivity index is 2.05. The van der Waals surface area contributed by atoms with Gasteiger partial charge in [0.15, 0.2) is 11.5 Å². The van der Waals surface area contributed by atoms with Gasteiger partial charge in [-0.15, -0.1) is 0 Å². The van der Waals surface area contributed by atoms with Crippen LogP contribution in [-0.4, -0.2) is 39.4 Å². The zero-order valence-electron chi connectivity index (χ0n) is 19.6. The molecule has 0 atom stereocenters. The maximum Gasteiger partial charge on any atom is 0.280 e. The van der Waals surface area contributed by atoms with Crippen LogP contribution in [-0.2, 0) is 14.8 Å². The lowest BCUT2D eigenvalue weighted by Crippen LogP contribution is -2.30. The van der Waals surface area contributed by atoms with Crippen LogP contribution in [0.3, 0.4) is 0 Å². The average Bonchev–Trinajstić information content (AvgIpc) is 2.88. The predicted molar refractivity (Wildman–Crippen MR) is 135 cm³/mol. The van der Waals surface area contributed by atoms with E-state index in [9.17, 15) is 28.1 Å². The van der Waals surface area contributed by atoms with Crippen molar-refractivity contribution in [2.45, 2.75) is 4.90 Å². The Morgan fingerprint density at radius 1 is 0.973 bits per heavy atom. The maximum atomic E-state index is 13.2. The minimum absolute atomic E-state index is 0.0502. The molecule has 0 aliphatic heterocycles. The summed E-state index contributed by atoms with van der Waals surface area (Å²) in [5.74, 6) is -1.22. The number of benzene rings is 3. The van der Waals surface area contributed by atoms with Gasteiger partial charge in [-0.2, -0.15) is 0 Å². The molecule has 0 aliphatic rings. The van der Waals surface area contributed by atoms with Crippen molar-refractivity contribution in [1.82, 2.24) is 5.32 Å². The van der Waals surface area contributed by atoms with E-state index in [2.05, 4.69) is 10.6 Å². The molecule has 0 saturated heterocycles. The molecule has 0 heterocycles. The first-order chi connectivity index (χ1) is 17.5. The Bertz CT molecular complexity index is 1470. The summed E-state index contributed by atoms with van der Waals surface area (Å²) in [7, 11) is -1.29. The lowest BCUT2D eigenvalue weighted by molar-refractivity contribution is -0.385. The molecule has 0 spiro atoms. The molecule has 0 saturated carbocycles. The molecule has 3 aromatic rings. The molecular weight excluding hydrogens is 504 g/mol. The number of rotatable bonds is 9. The number of nitro groups is 1. The van der Waals surface area contributed by atoms with Crippen molar-refractivity contribution in [2.75, 3.05) is 19.5 Å². The van der Waals surface area contributed by atoms with Crippen LogP contribution in [0.4, 0.5) is 11.4 Å². The molecule has 13 heteroatoms. The number of nitrogens with one attached hydrogen (secondary N) is 2. The first-order valence-electron chi connectivity index (χ1n) is 10.5. The van der Waals surface area contributed by atoms with E-state index in [1.54, 1.807) is 18.2 Å². The third kappa shape index (κ3) is 6.68. The topological polar surface area (TPSA) is 180 Å². The Hall–Kier alpha value is -4.75. The molecule has 0 radical (unpaired) electrons. The van der Waals surface area contributed by atoms with Crippen molar-refractivity contribution in [3.8, 4) is 11.5 Å². The van der Waals surface area contributed by atoms with Gasteiger partial charge in [-0.25, -0.2) is 13.6 Å². The fourth-order valence-electron chi connectivity index (χ4n) is 3.18. The van der Waals surface area contributed by atoms with Gasteiger partial charge in [-0.1, -0.05) is 18.2 Å². The average molecular weight is 527 g/mol. The van der Waals surface area contributed by atoms with Gasteiger partial charge in [0.05, 0.1) is 35.7 Å². The predicted octanol–water partition coefficient (Wildman–Crippen LogP) is 2.67. The number of methoxy groups -OCH3 is 2. The summed E-state index contributed by atoms with van der Waals surface area (Å²) in [5, 5.41) is 21.8. The number of ether oxygens (including phenoxy) is 2. The van der Waals surface area contributed by atoms with Crippen LogP contribution in [0, 0.1) is 10.1 Å². The van der Waals surface area contributed by atoms with E-state index in [4.69, 9.17) is 14.6 Å².